The second kappa shape index (κ2) is 6.42. The number of aromatic hydroxyl groups is 2. The maximum absolute atomic E-state index is 12.1. The molecule has 1 aromatic rings. The van der Waals surface area contributed by atoms with Crippen molar-refractivity contribution in [2.75, 3.05) is 0 Å². The first-order valence-electron chi connectivity index (χ1n) is 12.1. The van der Waals surface area contributed by atoms with Crippen molar-refractivity contribution in [3.63, 3.8) is 0 Å². The Morgan fingerprint density at radius 3 is 2.38 bits per heavy atom. The predicted octanol–water partition coefficient (Wildman–Crippen LogP) is 4.59. The highest BCUT2D eigenvalue weighted by atomic mass is 16.4. The lowest BCUT2D eigenvalue weighted by atomic mass is 9.40. The number of carboxylic acid groups (broad SMARTS) is 1. The second-order valence-corrected chi connectivity index (χ2v) is 12.2. The number of benzene rings is 1. The highest BCUT2D eigenvalue weighted by Crippen LogP contribution is 2.68. The normalized spacial score (nSPS) is 42.4. The average Bonchev–Trinajstić information content (AvgIpc) is 2.73. The molecule has 3 fully saturated rings. The lowest BCUT2D eigenvalue weighted by Crippen LogP contribution is -2.58. The Bertz CT molecular complexity index is 1160. The Balaban J connectivity index is 1.63. The number of phenols is 2. The minimum absolute atomic E-state index is 0.00302. The summed E-state index contributed by atoms with van der Waals surface area (Å²) in [5.41, 5.74) is 1.83. The van der Waals surface area contributed by atoms with Crippen molar-refractivity contribution in [1.82, 2.24) is 0 Å². The van der Waals surface area contributed by atoms with Crippen molar-refractivity contribution in [2.45, 2.75) is 78.1 Å². The fraction of sp³-hybridized carbons (Fsp3) is 0.607. The van der Waals surface area contributed by atoms with Gasteiger partial charge in [0, 0.05) is 10.6 Å². The molecule has 4 aliphatic rings. The van der Waals surface area contributed by atoms with Crippen molar-refractivity contribution in [2.24, 2.45) is 28.1 Å². The molecular weight excluding hydrogens is 400 g/mol. The third-order valence-electron chi connectivity index (χ3n) is 10.5. The van der Waals surface area contributed by atoms with Gasteiger partial charge in [-0.3, -0.25) is 4.79 Å². The number of fused-ring (bicyclic) bond motifs is 7. The summed E-state index contributed by atoms with van der Waals surface area (Å²) in [7, 11) is 0. The van der Waals surface area contributed by atoms with Gasteiger partial charge in [-0.05, 0) is 91.4 Å². The van der Waals surface area contributed by atoms with Gasteiger partial charge in [0.15, 0.2) is 11.5 Å². The first kappa shape index (κ1) is 21.6. The number of rotatable bonds is 1. The molecule has 32 heavy (non-hydrogen) atoms. The summed E-state index contributed by atoms with van der Waals surface area (Å²) in [6.45, 7) is 13.1. The van der Waals surface area contributed by atoms with E-state index < -0.39 is 11.4 Å². The molecule has 1 aromatic carbocycles. The predicted molar refractivity (Wildman–Crippen MR) is 126 cm³/mol. The lowest BCUT2D eigenvalue weighted by molar-refractivity contribution is -0.160. The summed E-state index contributed by atoms with van der Waals surface area (Å²) in [6.07, 6.45) is 11.1. The minimum Gasteiger partial charge on any atom is -0.504 e. The van der Waals surface area contributed by atoms with Gasteiger partial charge in [0.05, 0.1) is 5.41 Å². The standard InChI is InChI=1S/C28H36O4/c1-16-17-6-7-22-27(4,19(17)14-21(29)23(16)30)9-8-18-20-15-26(3,24(31)32)11-10-25(20,2)12-13-28(18,22)5/h6-7,14,18,20,29-30H,1,8-13,15H2,2-5H3,(H,31,32)/t18?,20-,25+,26+,27-,28-/m0/s1. The molecule has 172 valence electrons. The Morgan fingerprint density at radius 2 is 1.69 bits per heavy atom. The van der Waals surface area contributed by atoms with Crippen molar-refractivity contribution < 1.29 is 20.1 Å². The highest BCUT2D eigenvalue weighted by molar-refractivity contribution is 5.74. The van der Waals surface area contributed by atoms with Gasteiger partial charge in [-0.2, -0.15) is 0 Å². The zero-order chi connectivity index (χ0) is 23.3. The molecule has 4 nitrogen and oxygen atoms in total. The molecule has 0 heterocycles. The smallest absolute Gasteiger partial charge is 0.309 e. The fourth-order valence-electron chi connectivity index (χ4n) is 8.15. The van der Waals surface area contributed by atoms with Crippen molar-refractivity contribution >= 4 is 18.6 Å². The number of carboxylic acids is 1. The van der Waals surface area contributed by atoms with Crippen LogP contribution in [0, 0.1) is 28.1 Å². The van der Waals surface area contributed by atoms with Crippen LogP contribution < -0.4 is 10.4 Å². The Morgan fingerprint density at radius 1 is 1.00 bits per heavy atom. The SMILES string of the molecule is C=c1c(O)c(O)cc2c1=CC=C1[C@@]2(C)CCC2[C@@H]3C[C@](C)(C(=O)O)CC[C@]3(C)CC[C@]12C. The van der Waals surface area contributed by atoms with Gasteiger partial charge in [-0.25, -0.2) is 0 Å². The van der Waals surface area contributed by atoms with E-state index in [2.05, 4.69) is 39.5 Å². The first-order valence-corrected chi connectivity index (χ1v) is 12.1. The van der Waals surface area contributed by atoms with Crippen LogP contribution in [0.2, 0.25) is 0 Å². The van der Waals surface area contributed by atoms with E-state index in [0.717, 1.165) is 55.7 Å². The van der Waals surface area contributed by atoms with Crippen molar-refractivity contribution in [3.8, 4) is 11.5 Å². The van der Waals surface area contributed by atoms with Crippen LogP contribution in [0.4, 0.5) is 0 Å². The summed E-state index contributed by atoms with van der Waals surface area (Å²) < 4.78 is 0. The van der Waals surface area contributed by atoms with E-state index in [0.29, 0.717) is 17.1 Å². The number of aliphatic carboxylic acids is 1. The summed E-state index contributed by atoms with van der Waals surface area (Å²) in [6, 6.07) is 1.74. The van der Waals surface area contributed by atoms with E-state index in [1.807, 2.05) is 6.92 Å². The van der Waals surface area contributed by atoms with Gasteiger partial charge in [0.25, 0.3) is 0 Å². The number of carbonyl (C=O) groups is 1. The van der Waals surface area contributed by atoms with Crippen molar-refractivity contribution in [3.05, 3.63) is 33.7 Å². The van der Waals surface area contributed by atoms with Crippen LogP contribution in [0.15, 0.2) is 17.7 Å². The van der Waals surface area contributed by atoms with Gasteiger partial charge in [0.1, 0.15) is 0 Å². The average molecular weight is 437 g/mol. The quantitative estimate of drug-likeness (QED) is 0.563. The van der Waals surface area contributed by atoms with Crippen LogP contribution in [0.1, 0.15) is 78.2 Å². The second-order valence-electron chi connectivity index (χ2n) is 12.2. The summed E-state index contributed by atoms with van der Waals surface area (Å²) in [4.78, 5) is 12.1. The van der Waals surface area contributed by atoms with E-state index in [-0.39, 0.29) is 27.7 Å². The molecule has 0 spiro atoms. The largest absolute Gasteiger partial charge is 0.504 e. The topological polar surface area (TPSA) is 77.8 Å². The molecule has 4 aliphatic carbocycles. The number of phenolic OH excluding ortho intramolecular Hbond substituents is 2. The van der Waals surface area contributed by atoms with Gasteiger partial charge in [-0.1, -0.05) is 45.1 Å². The molecule has 6 atom stereocenters. The third-order valence-corrected chi connectivity index (χ3v) is 10.5. The Kier molecular flexibility index (Phi) is 4.34. The zero-order valence-corrected chi connectivity index (χ0v) is 19.8. The molecule has 0 aliphatic heterocycles. The summed E-state index contributed by atoms with van der Waals surface area (Å²) in [5, 5.41) is 32.0. The monoisotopic (exact) mass is 436 g/mol. The van der Waals surface area contributed by atoms with Crippen LogP contribution in [-0.2, 0) is 10.2 Å². The molecule has 0 saturated heterocycles. The fourth-order valence-corrected chi connectivity index (χ4v) is 8.15. The van der Waals surface area contributed by atoms with E-state index in [1.165, 1.54) is 5.57 Å². The molecule has 0 amide bonds. The van der Waals surface area contributed by atoms with Crippen LogP contribution in [-0.4, -0.2) is 21.3 Å². The van der Waals surface area contributed by atoms with Crippen LogP contribution in [0.5, 0.6) is 11.5 Å². The van der Waals surface area contributed by atoms with Crippen LogP contribution in [0.25, 0.3) is 12.7 Å². The lowest BCUT2D eigenvalue weighted by Gasteiger charge is -2.64. The summed E-state index contributed by atoms with van der Waals surface area (Å²) >= 11 is 0. The van der Waals surface area contributed by atoms with Crippen LogP contribution in [0.3, 0.4) is 0 Å². The number of hydrogen-bond donors (Lipinski definition) is 3. The molecule has 0 radical (unpaired) electrons. The van der Waals surface area contributed by atoms with Crippen molar-refractivity contribution in [1.29, 1.82) is 0 Å². The van der Waals surface area contributed by atoms with E-state index in [4.69, 9.17) is 0 Å². The minimum atomic E-state index is -0.648. The molecule has 1 unspecified atom stereocenters. The molecule has 0 aromatic heterocycles. The van der Waals surface area contributed by atoms with Gasteiger partial charge in [-0.15, -0.1) is 0 Å². The molecule has 0 bridgehead atoms. The molecule has 3 saturated carbocycles. The van der Waals surface area contributed by atoms with Gasteiger partial charge < -0.3 is 15.3 Å². The maximum Gasteiger partial charge on any atom is 0.309 e. The molecule has 4 heteroatoms. The van der Waals surface area contributed by atoms with Gasteiger partial charge >= 0.3 is 5.97 Å². The Labute approximate surface area is 190 Å². The zero-order valence-electron chi connectivity index (χ0n) is 19.8. The van der Waals surface area contributed by atoms with E-state index in [9.17, 15) is 20.1 Å². The Hall–Kier alpha value is -2.23. The summed E-state index contributed by atoms with van der Waals surface area (Å²) in [5.74, 6) is -0.0227. The van der Waals surface area contributed by atoms with E-state index >= 15 is 0 Å². The van der Waals surface area contributed by atoms with Gasteiger partial charge in [0.2, 0.25) is 0 Å². The first-order chi connectivity index (χ1) is 14.9. The molecule has 5 rings (SSSR count). The van der Waals surface area contributed by atoms with Crippen LogP contribution >= 0.6 is 0 Å². The third kappa shape index (κ3) is 2.58. The molecule has 3 N–H and O–H groups in total. The molecular formula is C28H36O4. The van der Waals surface area contributed by atoms with E-state index in [1.54, 1.807) is 6.07 Å². The highest BCUT2D eigenvalue weighted by Gasteiger charge is 2.61. The maximum atomic E-state index is 12.1. The number of allylic oxidation sites excluding steroid dienone is 2. The number of hydrogen-bond acceptors (Lipinski definition) is 3.